The van der Waals surface area contributed by atoms with E-state index in [0.29, 0.717) is 18.2 Å². The van der Waals surface area contributed by atoms with Gasteiger partial charge in [-0.05, 0) is 53.8 Å². The molecule has 1 fully saturated rings. The lowest BCUT2D eigenvalue weighted by Gasteiger charge is -2.12. The number of carbonyl (C=O) groups is 1. The maximum Gasteiger partial charge on any atom is 0.241 e. The van der Waals surface area contributed by atoms with Gasteiger partial charge in [0.1, 0.15) is 0 Å². The highest BCUT2D eigenvalue weighted by Gasteiger charge is 2.28. The standard InChI is InChI=1S/C15H20N6OS/c1-23-8-7-13(16)15(22)17-11-4-2-3-10(9-11)14-18-19-20-21(14)12-5-6-12/h2-4,9,12-13H,5-8,16H2,1H3,(H,17,22)/t13-/m0/s1. The molecule has 1 aromatic carbocycles. The second-order valence-corrected chi connectivity index (χ2v) is 6.62. The normalized spacial score (nSPS) is 15.4. The van der Waals surface area contributed by atoms with E-state index in [0.717, 1.165) is 30.0 Å². The molecule has 2 aromatic rings. The van der Waals surface area contributed by atoms with Crippen molar-refractivity contribution in [2.45, 2.75) is 31.3 Å². The first kappa shape index (κ1) is 15.9. The molecule has 1 aromatic heterocycles. The molecule has 0 radical (unpaired) electrons. The van der Waals surface area contributed by atoms with Crippen molar-refractivity contribution in [1.82, 2.24) is 20.2 Å². The number of benzene rings is 1. The minimum atomic E-state index is -0.497. The molecule has 0 saturated heterocycles. The maximum atomic E-state index is 12.1. The Bertz CT molecular complexity index is 684. The molecule has 1 heterocycles. The van der Waals surface area contributed by atoms with Gasteiger partial charge in [0.2, 0.25) is 5.91 Å². The fourth-order valence-corrected chi connectivity index (χ4v) is 2.79. The second kappa shape index (κ2) is 7.10. The van der Waals surface area contributed by atoms with E-state index in [9.17, 15) is 4.79 Å². The monoisotopic (exact) mass is 332 g/mol. The van der Waals surface area contributed by atoms with Crippen molar-refractivity contribution in [3.63, 3.8) is 0 Å². The zero-order valence-corrected chi connectivity index (χ0v) is 13.8. The molecule has 0 bridgehead atoms. The first-order valence-electron chi connectivity index (χ1n) is 7.62. The summed E-state index contributed by atoms with van der Waals surface area (Å²) in [6, 6.07) is 7.44. The lowest BCUT2D eigenvalue weighted by Crippen LogP contribution is -2.36. The molecule has 0 unspecified atom stereocenters. The third-order valence-corrected chi connectivity index (χ3v) is 4.39. The first-order chi connectivity index (χ1) is 11.2. The van der Waals surface area contributed by atoms with Gasteiger partial charge in [0.15, 0.2) is 5.82 Å². The van der Waals surface area contributed by atoms with Crippen LogP contribution >= 0.6 is 11.8 Å². The second-order valence-electron chi connectivity index (χ2n) is 5.64. The van der Waals surface area contributed by atoms with Gasteiger partial charge in [-0.25, -0.2) is 4.68 Å². The Morgan fingerprint density at radius 3 is 3.09 bits per heavy atom. The zero-order valence-electron chi connectivity index (χ0n) is 13.0. The summed E-state index contributed by atoms with van der Waals surface area (Å²) in [5, 5.41) is 14.8. The summed E-state index contributed by atoms with van der Waals surface area (Å²) in [4.78, 5) is 12.1. The SMILES string of the molecule is CSCC[C@H](N)C(=O)Nc1cccc(-c2nnnn2C2CC2)c1. The van der Waals surface area contributed by atoms with E-state index in [2.05, 4.69) is 20.8 Å². The molecule has 3 rings (SSSR count). The van der Waals surface area contributed by atoms with Crippen molar-refractivity contribution in [2.75, 3.05) is 17.3 Å². The Kier molecular flexibility index (Phi) is 4.92. The molecule has 1 saturated carbocycles. The van der Waals surface area contributed by atoms with Gasteiger partial charge >= 0.3 is 0 Å². The topological polar surface area (TPSA) is 98.7 Å². The van der Waals surface area contributed by atoms with Gasteiger partial charge in [-0.3, -0.25) is 4.79 Å². The minimum absolute atomic E-state index is 0.169. The van der Waals surface area contributed by atoms with E-state index in [4.69, 9.17) is 5.73 Å². The minimum Gasteiger partial charge on any atom is -0.325 e. The van der Waals surface area contributed by atoms with Crippen molar-refractivity contribution in [1.29, 1.82) is 0 Å². The molecule has 0 aliphatic heterocycles. The van der Waals surface area contributed by atoms with Crippen LogP contribution in [-0.2, 0) is 4.79 Å². The predicted molar refractivity (Wildman–Crippen MR) is 91.1 cm³/mol. The van der Waals surface area contributed by atoms with Gasteiger partial charge in [0, 0.05) is 11.3 Å². The van der Waals surface area contributed by atoms with Crippen LogP contribution in [-0.4, -0.2) is 44.2 Å². The van der Waals surface area contributed by atoms with Crippen molar-refractivity contribution < 1.29 is 4.79 Å². The Labute approximate surface area is 139 Å². The van der Waals surface area contributed by atoms with Crippen LogP contribution in [0.1, 0.15) is 25.3 Å². The lowest BCUT2D eigenvalue weighted by molar-refractivity contribution is -0.117. The lowest BCUT2D eigenvalue weighted by atomic mass is 10.1. The van der Waals surface area contributed by atoms with Gasteiger partial charge in [0.25, 0.3) is 0 Å². The number of carbonyl (C=O) groups excluding carboxylic acids is 1. The molecular formula is C15H20N6OS. The van der Waals surface area contributed by atoms with Crippen LogP contribution in [0.5, 0.6) is 0 Å². The number of nitrogens with zero attached hydrogens (tertiary/aromatic N) is 4. The highest BCUT2D eigenvalue weighted by atomic mass is 32.2. The highest BCUT2D eigenvalue weighted by Crippen LogP contribution is 2.36. The van der Waals surface area contributed by atoms with Crippen molar-refractivity contribution in [3.8, 4) is 11.4 Å². The number of nitrogens with one attached hydrogen (secondary N) is 1. The molecular weight excluding hydrogens is 312 g/mol. The number of aromatic nitrogens is 4. The molecule has 1 atom stereocenters. The van der Waals surface area contributed by atoms with E-state index < -0.39 is 6.04 Å². The summed E-state index contributed by atoms with van der Waals surface area (Å²) < 4.78 is 1.85. The number of amides is 1. The van der Waals surface area contributed by atoms with E-state index >= 15 is 0 Å². The Morgan fingerprint density at radius 1 is 1.52 bits per heavy atom. The third kappa shape index (κ3) is 3.89. The number of hydrogen-bond acceptors (Lipinski definition) is 6. The molecule has 0 spiro atoms. The van der Waals surface area contributed by atoms with Gasteiger partial charge in [-0.2, -0.15) is 11.8 Å². The summed E-state index contributed by atoms with van der Waals surface area (Å²) in [7, 11) is 0. The maximum absolute atomic E-state index is 12.1. The molecule has 3 N–H and O–H groups in total. The predicted octanol–water partition coefficient (Wildman–Crippen LogP) is 1.69. The van der Waals surface area contributed by atoms with Crippen LogP contribution in [0.3, 0.4) is 0 Å². The van der Waals surface area contributed by atoms with Gasteiger partial charge in [0.05, 0.1) is 12.1 Å². The van der Waals surface area contributed by atoms with E-state index in [1.165, 1.54) is 0 Å². The van der Waals surface area contributed by atoms with E-state index in [1.807, 2.05) is 35.2 Å². The fourth-order valence-electron chi connectivity index (χ4n) is 2.30. The summed E-state index contributed by atoms with van der Waals surface area (Å²) in [5.41, 5.74) is 7.49. The molecule has 7 nitrogen and oxygen atoms in total. The summed E-state index contributed by atoms with van der Waals surface area (Å²) in [6.07, 6.45) is 4.88. The fraction of sp³-hybridized carbons (Fsp3) is 0.467. The molecule has 1 amide bonds. The molecule has 23 heavy (non-hydrogen) atoms. The van der Waals surface area contributed by atoms with Gasteiger partial charge < -0.3 is 11.1 Å². The Hall–Kier alpha value is -1.93. The summed E-state index contributed by atoms with van der Waals surface area (Å²) >= 11 is 1.68. The third-order valence-electron chi connectivity index (χ3n) is 3.74. The average molecular weight is 332 g/mol. The zero-order chi connectivity index (χ0) is 16.2. The average Bonchev–Trinajstić information content (AvgIpc) is 3.29. The number of hydrogen-bond donors (Lipinski definition) is 2. The van der Waals surface area contributed by atoms with Gasteiger partial charge in [-0.15, -0.1) is 5.10 Å². The molecule has 122 valence electrons. The number of tetrazole rings is 1. The summed E-state index contributed by atoms with van der Waals surface area (Å²) in [6.45, 7) is 0. The number of thioether (sulfide) groups is 1. The Morgan fingerprint density at radius 2 is 2.35 bits per heavy atom. The Balaban J connectivity index is 1.72. The van der Waals surface area contributed by atoms with Crippen LogP contribution in [0.15, 0.2) is 24.3 Å². The van der Waals surface area contributed by atoms with Crippen LogP contribution < -0.4 is 11.1 Å². The van der Waals surface area contributed by atoms with Crippen LogP contribution in [0, 0.1) is 0 Å². The van der Waals surface area contributed by atoms with Crippen molar-refractivity contribution >= 4 is 23.4 Å². The van der Waals surface area contributed by atoms with Crippen molar-refractivity contribution in [2.24, 2.45) is 5.73 Å². The molecule has 1 aliphatic carbocycles. The van der Waals surface area contributed by atoms with Crippen LogP contribution in [0.25, 0.3) is 11.4 Å². The molecule has 8 heteroatoms. The van der Waals surface area contributed by atoms with Crippen LogP contribution in [0.2, 0.25) is 0 Å². The quantitative estimate of drug-likeness (QED) is 0.800. The number of anilines is 1. The molecule has 1 aliphatic rings. The van der Waals surface area contributed by atoms with E-state index in [1.54, 1.807) is 11.8 Å². The largest absolute Gasteiger partial charge is 0.325 e. The number of nitrogens with two attached hydrogens (primary N) is 1. The first-order valence-corrected chi connectivity index (χ1v) is 9.02. The van der Waals surface area contributed by atoms with Crippen molar-refractivity contribution in [3.05, 3.63) is 24.3 Å². The smallest absolute Gasteiger partial charge is 0.241 e. The number of rotatable bonds is 7. The van der Waals surface area contributed by atoms with E-state index in [-0.39, 0.29) is 5.91 Å². The summed E-state index contributed by atoms with van der Waals surface area (Å²) in [5.74, 6) is 1.43. The highest BCUT2D eigenvalue weighted by molar-refractivity contribution is 7.98. The van der Waals surface area contributed by atoms with Gasteiger partial charge in [-0.1, -0.05) is 12.1 Å². The van der Waals surface area contributed by atoms with Crippen LogP contribution in [0.4, 0.5) is 5.69 Å².